The molecule has 5 saturated heterocycles. The van der Waals surface area contributed by atoms with Gasteiger partial charge in [0.05, 0.1) is 33.0 Å². The molecule has 0 aromatic carbocycles. The zero-order valence-corrected chi connectivity index (χ0v) is 35.3. The number of aliphatic hydroxyl groups is 15. The zero-order chi connectivity index (χ0) is 47.9. The second-order valence-electron chi connectivity index (χ2n) is 16.4. The molecule has 0 bridgehead atoms. The van der Waals surface area contributed by atoms with Gasteiger partial charge in [-0.15, -0.1) is 0 Å². The van der Waals surface area contributed by atoms with Crippen molar-refractivity contribution in [3.05, 3.63) is 0 Å². The first-order valence-electron chi connectivity index (χ1n) is 21.3. The Bertz CT molecular complexity index is 1430. The summed E-state index contributed by atoms with van der Waals surface area (Å²) in [6.07, 6.45) is -41.2. The molecule has 0 radical (unpaired) electrons. The number of carbonyl (C=O) groups is 1. The van der Waals surface area contributed by atoms with Crippen LogP contribution in [0.15, 0.2) is 0 Å². The number of ether oxygens (including phenoxy) is 10. The summed E-state index contributed by atoms with van der Waals surface area (Å²) >= 11 is 0. The van der Waals surface area contributed by atoms with Gasteiger partial charge in [-0.25, -0.2) is 0 Å². The maximum Gasteiger partial charge on any atom is 0.217 e. The Kier molecular flexibility index (Phi) is 20.8. The van der Waals surface area contributed by atoms with Gasteiger partial charge >= 0.3 is 0 Å². The first-order chi connectivity index (χ1) is 31.0. The van der Waals surface area contributed by atoms with Gasteiger partial charge in [0.15, 0.2) is 31.5 Å². The van der Waals surface area contributed by atoms with E-state index in [2.05, 4.69) is 5.32 Å². The predicted molar refractivity (Wildman–Crippen MR) is 205 cm³/mol. The van der Waals surface area contributed by atoms with E-state index < -0.39 is 192 Å². The quantitative estimate of drug-likeness (QED) is 0.0504. The molecule has 5 heterocycles. The van der Waals surface area contributed by atoms with Crippen molar-refractivity contribution in [2.45, 2.75) is 180 Å². The average Bonchev–Trinajstić information content (AvgIpc) is 3.29. The Morgan fingerprint density at radius 2 is 0.846 bits per heavy atom. The Hall–Kier alpha value is -1.57. The molecule has 0 aromatic rings. The van der Waals surface area contributed by atoms with E-state index in [0.29, 0.717) is 13.0 Å². The molecule has 380 valence electrons. The molecule has 65 heavy (non-hydrogen) atoms. The van der Waals surface area contributed by atoms with Crippen molar-refractivity contribution in [2.24, 2.45) is 5.73 Å². The number of rotatable bonds is 20. The lowest BCUT2D eigenvalue weighted by Gasteiger charge is -2.50. The number of aliphatic hydroxyl groups excluding tert-OH is 15. The van der Waals surface area contributed by atoms with E-state index in [1.54, 1.807) is 0 Å². The number of hydrogen-bond donors (Lipinski definition) is 17. The molecular formula is C37H66N2O26. The van der Waals surface area contributed by atoms with Gasteiger partial charge in [-0.1, -0.05) is 0 Å². The first kappa shape index (κ1) is 54.4. The molecule has 5 aliphatic rings. The minimum Gasteiger partial charge on any atom is -0.394 e. The molecule has 0 spiro atoms. The van der Waals surface area contributed by atoms with Crippen molar-refractivity contribution in [3.8, 4) is 0 Å². The second kappa shape index (κ2) is 24.8. The van der Waals surface area contributed by atoms with Crippen LogP contribution in [0.3, 0.4) is 0 Å². The van der Waals surface area contributed by atoms with Crippen LogP contribution in [0.25, 0.3) is 0 Å². The summed E-state index contributed by atoms with van der Waals surface area (Å²) in [6.45, 7) is -2.87. The molecule has 0 aromatic heterocycles. The van der Waals surface area contributed by atoms with Crippen LogP contribution >= 0.6 is 0 Å². The molecule has 25 atom stereocenters. The normalized spacial score (nSPS) is 47.4. The van der Waals surface area contributed by atoms with Crippen LogP contribution < -0.4 is 11.1 Å². The molecular weight excluding hydrogens is 888 g/mol. The van der Waals surface area contributed by atoms with Crippen LogP contribution in [-0.4, -0.2) is 282 Å². The standard InChI is InChI=1S/C37H66N2O26/c1-12(45)39-18-31(64-35-25(52)22(49)19(46)13(7-40)58-35)20(47)14(8-41)57-33(18)65-32-21(48)15(9-42)59-37(28(32)55)63-30-17(11-44)61-36(27(54)24(30)51)62-29-16(10-43)60-34(26(53)23(29)50)56-6-4-2-3-5-38/h13-37,40-44,46-55H,2-11,38H2,1H3,(H,39,45)/t13?,14?,15?,16?,17?,18?,19-,20-,21-,22-,23+,24+,25?,26?,27?,28?,29+,30-,31+,32-,33-,34+,35-,36-,37+/m0/s1. The lowest BCUT2D eigenvalue weighted by Crippen LogP contribution is -2.70. The van der Waals surface area contributed by atoms with Gasteiger partial charge < -0.3 is 135 Å². The summed E-state index contributed by atoms with van der Waals surface area (Å²) in [4.78, 5) is 12.5. The maximum atomic E-state index is 12.5. The highest BCUT2D eigenvalue weighted by molar-refractivity contribution is 5.73. The lowest BCUT2D eigenvalue weighted by molar-refractivity contribution is -0.389. The Balaban J connectivity index is 1.31. The third kappa shape index (κ3) is 12.4. The topological polar surface area (TPSA) is 451 Å². The highest BCUT2D eigenvalue weighted by Crippen LogP contribution is 2.36. The van der Waals surface area contributed by atoms with E-state index in [9.17, 15) is 81.4 Å². The summed E-state index contributed by atoms with van der Waals surface area (Å²) in [5.74, 6) is -0.801. The molecule has 0 aliphatic carbocycles. The molecule has 28 heteroatoms. The fourth-order valence-corrected chi connectivity index (χ4v) is 8.17. The summed E-state index contributed by atoms with van der Waals surface area (Å²) < 4.78 is 56.9. The van der Waals surface area contributed by atoms with Crippen molar-refractivity contribution in [2.75, 3.05) is 46.2 Å². The predicted octanol–water partition coefficient (Wildman–Crippen LogP) is -10.6. The Morgan fingerprint density at radius 3 is 1.35 bits per heavy atom. The number of amides is 1. The average molecular weight is 955 g/mol. The minimum absolute atomic E-state index is 0.128. The largest absolute Gasteiger partial charge is 0.394 e. The van der Waals surface area contributed by atoms with Crippen molar-refractivity contribution >= 4 is 5.91 Å². The molecule has 5 rings (SSSR count). The van der Waals surface area contributed by atoms with E-state index in [1.165, 1.54) is 0 Å². The summed E-state index contributed by atoms with van der Waals surface area (Å²) in [5, 5.41) is 162. The number of nitrogens with two attached hydrogens (primary N) is 1. The molecule has 10 unspecified atom stereocenters. The summed E-state index contributed by atoms with van der Waals surface area (Å²) in [7, 11) is 0. The Morgan fingerprint density at radius 1 is 0.446 bits per heavy atom. The summed E-state index contributed by atoms with van der Waals surface area (Å²) in [5.41, 5.74) is 5.49. The number of nitrogens with one attached hydrogen (secondary N) is 1. The number of hydrogen-bond acceptors (Lipinski definition) is 27. The van der Waals surface area contributed by atoms with Crippen LogP contribution in [0.1, 0.15) is 26.2 Å². The number of carbonyl (C=O) groups excluding carboxylic acids is 1. The highest BCUT2D eigenvalue weighted by Gasteiger charge is 2.57. The monoisotopic (exact) mass is 954 g/mol. The van der Waals surface area contributed by atoms with Crippen molar-refractivity contribution in [1.29, 1.82) is 0 Å². The van der Waals surface area contributed by atoms with Crippen LogP contribution in [-0.2, 0) is 52.2 Å². The van der Waals surface area contributed by atoms with Crippen LogP contribution in [0.4, 0.5) is 0 Å². The fourth-order valence-electron chi connectivity index (χ4n) is 8.17. The Labute approximate surface area is 371 Å². The highest BCUT2D eigenvalue weighted by atomic mass is 16.8. The smallest absolute Gasteiger partial charge is 0.217 e. The lowest BCUT2D eigenvalue weighted by atomic mass is 9.94. The van der Waals surface area contributed by atoms with Gasteiger partial charge in [0.25, 0.3) is 0 Å². The van der Waals surface area contributed by atoms with Crippen molar-refractivity contribution < 1.29 is 129 Å². The van der Waals surface area contributed by atoms with Crippen molar-refractivity contribution in [3.63, 3.8) is 0 Å². The summed E-state index contributed by atoms with van der Waals surface area (Å²) in [6, 6.07) is -1.67. The third-order valence-electron chi connectivity index (χ3n) is 11.8. The molecule has 0 saturated carbocycles. The SMILES string of the molecule is CC(=O)NC1[C@H](O[C@@H]2C(O)[C@@H](O[C@H]3C(CO)O[C@@H](O[C@@H]4C(CO)O[C@@H](OCCCCCN)C(O)[C@H]4O)C(O)[C@H]3O)OC(CO)[C@@H]2O)OC(CO)[C@H](O)[C@@H]1O[C@@H]1OC(CO)[C@H](O)[C@H](O)C1O. The van der Waals surface area contributed by atoms with Crippen LogP contribution in [0, 0.1) is 0 Å². The van der Waals surface area contributed by atoms with Gasteiger partial charge in [-0.2, -0.15) is 0 Å². The van der Waals surface area contributed by atoms with Gasteiger partial charge in [-0.3, -0.25) is 4.79 Å². The molecule has 5 aliphatic heterocycles. The van der Waals surface area contributed by atoms with Crippen LogP contribution in [0.5, 0.6) is 0 Å². The fraction of sp³-hybridized carbons (Fsp3) is 0.973. The third-order valence-corrected chi connectivity index (χ3v) is 11.8. The van der Waals surface area contributed by atoms with Crippen LogP contribution in [0.2, 0.25) is 0 Å². The van der Waals surface area contributed by atoms with E-state index in [0.717, 1.165) is 19.8 Å². The van der Waals surface area contributed by atoms with Crippen molar-refractivity contribution in [1.82, 2.24) is 5.32 Å². The van der Waals surface area contributed by atoms with E-state index >= 15 is 0 Å². The second-order valence-corrected chi connectivity index (χ2v) is 16.4. The van der Waals surface area contributed by atoms with E-state index in [-0.39, 0.29) is 6.61 Å². The number of unbranched alkanes of at least 4 members (excludes halogenated alkanes) is 2. The van der Waals surface area contributed by atoms with Gasteiger partial charge in [0.1, 0.15) is 122 Å². The molecule has 18 N–H and O–H groups in total. The molecule has 1 amide bonds. The van der Waals surface area contributed by atoms with E-state index in [1.807, 2.05) is 0 Å². The van der Waals surface area contributed by atoms with Gasteiger partial charge in [0.2, 0.25) is 5.91 Å². The van der Waals surface area contributed by atoms with E-state index in [4.69, 9.17) is 53.1 Å². The molecule has 5 fully saturated rings. The van der Waals surface area contributed by atoms with Gasteiger partial charge in [-0.05, 0) is 25.8 Å². The zero-order valence-electron chi connectivity index (χ0n) is 35.3. The first-order valence-corrected chi connectivity index (χ1v) is 21.3. The van der Waals surface area contributed by atoms with Gasteiger partial charge in [0, 0.05) is 13.5 Å². The maximum absolute atomic E-state index is 12.5. The minimum atomic E-state index is -2.14. The molecule has 28 nitrogen and oxygen atoms in total.